The molecule has 0 saturated carbocycles. The van der Waals surface area contributed by atoms with Gasteiger partial charge in [-0.3, -0.25) is 9.78 Å². The number of nitrogens with zero attached hydrogens (tertiary/aromatic N) is 2. The summed E-state index contributed by atoms with van der Waals surface area (Å²) in [5.41, 5.74) is 2.18. The number of morpholine rings is 1. The minimum absolute atomic E-state index is 0.0416. The molecule has 1 aliphatic heterocycles. The first-order valence-electron chi connectivity index (χ1n) is 15.0. The van der Waals surface area contributed by atoms with E-state index >= 15 is 8.78 Å². The maximum atomic E-state index is 16.1. The van der Waals surface area contributed by atoms with Crippen molar-refractivity contribution in [2.45, 2.75) is 65.4 Å². The number of ether oxygens (including phenoxy) is 1. The highest BCUT2D eigenvalue weighted by Crippen LogP contribution is 2.42. The molecule has 1 saturated heterocycles. The second kappa shape index (κ2) is 12.7. The van der Waals surface area contributed by atoms with Crippen LogP contribution >= 0.6 is 0 Å². The fourth-order valence-electron chi connectivity index (χ4n) is 6.58. The average molecular weight is 615 g/mol. The molecular weight excluding hydrogens is 574 g/mol. The number of carbonyl (C=O) groups is 1. The molecule has 5 rings (SSSR count). The summed E-state index contributed by atoms with van der Waals surface area (Å²) in [6.07, 6.45) is 1.87. The van der Waals surface area contributed by atoms with Crippen molar-refractivity contribution in [3.05, 3.63) is 107 Å². The van der Waals surface area contributed by atoms with E-state index < -0.39 is 20.0 Å². The molecule has 0 N–H and O–H groups in total. The zero-order chi connectivity index (χ0) is 31.6. The van der Waals surface area contributed by atoms with Gasteiger partial charge in [0.15, 0.2) is 17.9 Å². The molecule has 1 aliphatic rings. The van der Waals surface area contributed by atoms with E-state index in [4.69, 9.17) is 9.16 Å². The Hall–Kier alpha value is -3.72. The smallest absolute Gasteiger partial charge is 0.261 e. The highest BCUT2D eigenvalue weighted by Gasteiger charge is 2.50. The van der Waals surface area contributed by atoms with Gasteiger partial charge in [-0.15, -0.1) is 0 Å². The van der Waals surface area contributed by atoms with E-state index in [1.165, 1.54) is 6.20 Å². The minimum Gasteiger partial charge on any atom is -0.403 e. The highest BCUT2D eigenvalue weighted by molar-refractivity contribution is 6.99. The Morgan fingerprint density at radius 1 is 0.932 bits per heavy atom. The number of aromatic nitrogens is 1. The first kappa shape index (κ1) is 31.7. The largest absolute Gasteiger partial charge is 0.403 e. The van der Waals surface area contributed by atoms with Gasteiger partial charge in [0.25, 0.3) is 8.32 Å². The van der Waals surface area contributed by atoms with Crippen molar-refractivity contribution < 1.29 is 22.7 Å². The topological polar surface area (TPSA) is 51.7 Å². The lowest BCUT2D eigenvalue weighted by Crippen LogP contribution is -2.66. The molecule has 4 aromatic rings. The number of halogens is 2. The fourth-order valence-corrected chi connectivity index (χ4v) is 11.1. The van der Waals surface area contributed by atoms with Crippen LogP contribution in [0.2, 0.25) is 5.04 Å². The van der Waals surface area contributed by atoms with Gasteiger partial charge in [-0.2, -0.15) is 0 Å². The van der Waals surface area contributed by atoms with Gasteiger partial charge in [-0.1, -0.05) is 81.4 Å². The fraction of sp³-hybridized carbons (Fsp3) is 0.333. The van der Waals surface area contributed by atoms with Crippen LogP contribution in [0.15, 0.2) is 79.0 Å². The monoisotopic (exact) mass is 614 g/mol. The van der Waals surface area contributed by atoms with Gasteiger partial charge in [-0.05, 0) is 48.3 Å². The molecule has 0 bridgehead atoms. The molecular formula is C36H40F2N2O3Si. The van der Waals surface area contributed by atoms with Gasteiger partial charge < -0.3 is 14.1 Å². The molecule has 44 heavy (non-hydrogen) atoms. The van der Waals surface area contributed by atoms with Crippen molar-refractivity contribution in [2.75, 3.05) is 18.0 Å². The predicted molar refractivity (Wildman–Crippen MR) is 174 cm³/mol. The van der Waals surface area contributed by atoms with E-state index in [0.717, 1.165) is 16.4 Å². The van der Waals surface area contributed by atoms with Crippen LogP contribution in [-0.2, 0) is 15.8 Å². The maximum absolute atomic E-state index is 16.1. The molecule has 2 atom stereocenters. The summed E-state index contributed by atoms with van der Waals surface area (Å²) < 4.78 is 44.3. The Morgan fingerprint density at radius 3 is 2.02 bits per heavy atom. The molecule has 0 spiro atoms. The number of rotatable bonds is 8. The zero-order valence-electron chi connectivity index (χ0n) is 26.2. The first-order chi connectivity index (χ1) is 21.0. The highest BCUT2D eigenvalue weighted by atomic mass is 28.4. The van der Waals surface area contributed by atoms with Crippen LogP contribution in [0, 0.1) is 18.6 Å². The van der Waals surface area contributed by atoms with Crippen LogP contribution in [0.5, 0.6) is 0 Å². The number of hydrogen-bond acceptors (Lipinski definition) is 5. The maximum Gasteiger partial charge on any atom is 0.261 e. The third kappa shape index (κ3) is 5.86. The van der Waals surface area contributed by atoms with Crippen molar-refractivity contribution in [3.8, 4) is 11.1 Å². The molecule has 0 amide bonds. The normalized spacial score (nSPS) is 17.5. The first-order valence-corrected chi connectivity index (χ1v) is 17.0. The van der Waals surface area contributed by atoms with Crippen LogP contribution < -0.4 is 15.3 Å². The SMILES string of the molecule is Cc1ncc(C=O)c(-c2c(N3C[C@@H](C)O[C@@H](C)C3)ccc(F)c2F)c1CO[Si](c1ccccc1)(c1ccccc1)C(C)(C)C. The quantitative estimate of drug-likeness (QED) is 0.161. The number of carbonyl (C=O) groups excluding carboxylic acids is 1. The van der Waals surface area contributed by atoms with E-state index in [2.05, 4.69) is 50.0 Å². The summed E-state index contributed by atoms with van der Waals surface area (Å²) >= 11 is 0. The summed E-state index contributed by atoms with van der Waals surface area (Å²) in [6.45, 7) is 13.3. The summed E-state index contributed by atoms with van der Waals surface area (Å²) in [6, 6.07) is 23.2. The van der Waals surface area contributed by atoms with Crippen LogP contribution in [0.25, 0.3) is 11.1 Å². The van der Waals surface area contributed by atoms with Gasteiger partial charge in [0.2, 0.25) is 0 Å². The lowest BCUT2D eigenvalue weighted by atomic mass is 9.92. The molecule has 1 fully saturated rings. The second-order valence-electron chi connectivity index (χ2n) is 12.6. The molecule has 0 unspecified atom stereocenters. The van der Waals surface area contributed by atoms with Crippen molar-refractivity contribution >= 4 is 30.7 Å². The Morgan fingerprint density at radius 2 is 1.50 bits per heavy atom. The van der Waals surface area contributed by atoms with Gasteiger partial charge in [0, 0.05) is 52.9 Å². The van der Waals surface area contributed by atoms with E-state index in [0.29, 0.717) is 41.9 Å². The third-order valence-corrected chi connectivity index (χ3v) is 13.5. The Bertz CT molecular complexity index is 1580. The van der Waals surface area contributed by atoms with E-state index in [9.17, 15) is 4.79 Å². The Balaban J connectivity index is 1.72. The van der Waals surface area contributed by atoms with Crippen molar-refractivity contribution in [1.82, 2.24) is 4.98 Å². The average Bonchev–Trinajstić information content (AvgIpc) is 2.99. The van der Waals surface area contributed by atoms with Gasteiger partial charge in [0.1, 0.15) is 0 Å². The Labute approximate surface area is 260 Å². The summed E-state index contributed by atoms with van der Waals surface area (Å²) in [7, 11) is -3.01. The van der Waals surface area contributed by atoms with Crippen molar-refractivity contribution in [2.24, 2.45) is 0 Å². The van der Waals surface area contributed by atoms with E-state index in [-0.39, 0.29) is 35.0 Å². The van der Waals surface area contributed by atoms with Crippen molar-refractivity contribution in [1.29, 1.82) is 0 Å². The van der Waals surface area contributed by atoms with Crippen LogP contribution in [-0.4, -0.2) is 44.9 Å². The van der Waals surface area contributed by atoms with Gasteiger partial charge in [-0.25, -0.2) is 8.78 Å². The van der Waals surface area contributed by atoms with Crippen molar-refractivity contribution in [3.63, 3.8) is 0 Å². The molecule has 0 radical (unpaired) electrons. The molecule has 1 aromatic heterocycles. The summed E-state index contributed by atoms with van der Waals surface area (Å²) in [5, 5.41) is 1.87. The second-order valence-corrected chi connectivity index (χ2v) is 16.9. The number of aryl methyl sites for hydroxylation is 1. The van der Waals surface area contributed by atoms with Crippen LogP contribution in [0.3, 0.4) is 0 Å². The predicted octanol–water partition coefficient (Wildman–Crippen LogP) is 6.84. The zero-order valence-corrected chi connectivity index (χ0v) is 27.2. The summed E-state index contributed by atoms with van der Waals surface area (Å²) in [4.78, 5) is 19.1. The summed E-state index contributed by atoms with van der Waals surface area (Å²) in [5.74, 6) is -1.99. The van der Waals surface area contributed by atoms with Gasteiger partial charge >= 0.3 is 0 Å². The molecule has 0 aliphatic carbocycles. The number of anilines is 1. The van der Waals surface area contributed by atoms with Gasteiger partial charge in [0.05, 0.1) is 18.8 Å². The lowest BCUT2D eigenvalue weighted by Gasteiger charge is -2.43. The molecule has 3 aromatic carbocycles. The molecule has 2 heterocycles. The number of pyridine rings is 1. The van der Waals surface area contributed by atoms with Crippen LogP contribution in [0.1, 0.15) is 56.2 Å². The molecule has 8 heteroatoms. The number of hydrogen-bond donors (Lipinski definition) is 0. The third-order valence-electron chi connectivity index (χ3n) is 8.48. The number of benzene rings is 3. The lowest BCUT2D eigenvalue weighted by molar-refractivity contribution is -0.00520. The molecule has 230 valence electrons. The van der Waals surface area contributed by atoms with E-state index in [1.54, 1.807) is 6.07 Å². The standard InChI is InChI=1S/C36H40F2N2O3Si/c1-24-20-40(21-25(2)43-24)32-18-17-31(37)35(38)34(32)33-27(22-41)19-39-26(3)30(33)23-42-44(36(4,5)6,28-13-9-7-10-14-28)29-15-11-8-12-16-29/h7-19,22,24-25H,20-21,23H2,1-6H3/t24-,25+. The molecule has 5 nitrogen and oxygen atoms in total. The minimum atomic E-state index is -3.01. The number of aldehydes is 1. The van der Waals surface area contributed by atoms with E-state index in [1.807, 2.05) is 62.1 Å². The Kier molecular flexibility index (Phi) is 9.16. The van der Waals surface area contributed by atoms with Crippen LogP contribution in [0.4, 0.5) is 14.5 Å².